The normalized spacial score (nSPS) is 26.2. The summed E-state index contributed by atoms with van der Waals surface area (Å²) in [4.78, 5) is 12.0. The maximum Gasteiger partial charge on any atom is 0.251 e. The molecule has 110 valence electrons. The summed E-state index contributed by atoms with van der Waals surface area (Å²) in [7, 11) is 0. The summed E-state index contributed by atoms with van der Waals surface area (Å²) in [6, 6.07) is 3.72. The van der Waals surface area contributed by atoms with Crippen molar-refractivity contribution < 1.29 is 20.1 Å². The predicted molar refractivity (Wildman–Crippen MR) is 74.7 cm³/mol. The van der Waals surface area contributed by atoms with E-state index >= 15 is 0 Å². The van der Waals surface area contributed by atoms with Crippen molar-refractivity contribution in [3.05, 3.63) is 23.8 Å². The molecule has 1 aromatic rings. The molecule has 2 rings (SSSR count). The van der Waals surface area contributed by atoms with Gasteiger partial charge in [-0.3, -0.25) is 4.79 Å². The molecule has 5 nitrogen and oxygen atoms in total. The van der Waals surface area contributed by atoms with E-state index in [0.717, 1.165) is 18.9 Å². The van der Waals surface area contributed by atoms with Gasteiger partial charge >= 0.3 is 0 Å². The number of hydrogen-bond acceptors (Lipinski definition) is 4. The lowest BCUT2D eigenvalue weighted by Gasteiger charge is -2.34. The molecule has 20 heavy (non-hydrogen) atoms. The van der Waals surface area contributed by atoms with Crippen molar-refractivity contribution in [3.63, 3.8) is 0 Å². The summed E-state index contributed by atoms with van der Waals surface area (Å²) in [5, 5.41) is 31.7. The SMILES string of the molecule is CC1CCC(O)(CNC(=O)c2cc(O)cc(O)c2)CC1. The van der Waals surface area contributed by atoms with Crippen LogP contribution in [0.3, 0.4) is 0 Å². The van der Waals surface area contributed by atoms with Crippen LogP contribution in [-0.4, -0.2) is 33.4 Å². The Morgan fingerprint density at radius 2 is 1.80 bits per heavy atom. The first-order chi connectivity index (χ1) is 9.38. The third kappa shape index (κ3) is 3.63. The van der Waals surface area contributed by atoms with Crippen LogP contribution in [0.1, 0.15) is 43.0 Å². The summed E-state index contributed by atoms with van der Waals surface area (Å²) in [6.45, 7) is 2.35. The molecule has 4 N–H and O–H groups in total. The number of benzene rings is 1. The Hall–Kier alpha value is -1.75. The molecule has 1 aliphatic carbocycles. The Kier molecular flexibility index (Phi) is 4.18. The molecule has 1 saturated carbocycles. The summed E-state index contributed by atoms with van der Waals surface area (Å²) >= 11 is 0. The molecule has 1 amide bonds. The second kappa shape index (κ2) is 5.71. The minimum absolute atomic E-state index is 0.166. The Morgan fingerprint density at radius 1 is 1.25 bits per heavy atom. The van der Waals surface area contributed by atoms with Gasteiger partial charge in [0.25, 0.3) is 5.91 Å². The smallest absolute Gasteiger partial charge is 0.251 e. The van der Waals surface area contributed by atoms with E-state index in [4.69, 9.17) is 0 Å². The molecule has 0 unspecified atom stereocenters. The van der Waals surface area contributed by atoms with E-state index in [0.29, 0.717) is 18.8 Å². The maximum atomic E-state index is 12.0. The zero-order valence-corrected chi connectivity index (χ0v) is 11.6. The number of aromatic hydroxyl groups is 2. The molecule has 5 heteroatoms. The van der Waals surface area contributed by atoms with Crippen LogP contribution in [0, 0.1) is 5.92 Å². The van der Waals surface area contributed by atoms with E-state index in [-0.39, 0.29) is 23.6 Å². The minimum Gasteiger partial charge on any atom is -0.508 e. The van der Waals surface area contributed by atoms with Crippen molar-refractivity contribution in [3.8, 4) is 11.5 Å². The number of amides is 1. The molecule has 0 aromatic heterocycles. The van der Waals surface area contributed by atoms with E-state index in [1.54, 1.807) is 0 Å². The lowest BCUT2D eigenvalue weighted by Crippen LogP contribution is -2.45. The van der Waals surface area contributed by atoms with Gasteiger partial charge in [0.15, 0.2) is 0 Å². The highest BCUT2D eigenvalue weighted by atomic mass is 16.3. The number of phenols is 2. The Bertz CT molecular complexity index is 472. The maximum absolute atomic E-state index is 12.0. The van der Waals surface area contributed by atoms with E-state index < -0.39 is 11.5 Å². The molecular weight excluding hydrogens is 258 g/mol. The molecule has 1 fully saturated rings. The fourth-order valence-corrected chi connectivity index (χ4v) is 2.55. The first-order valence-corrected chi connectivity index (χ1v) is 6.92. The predicted octanol–water partition coefficient (Wildman–Crippen LogP) is 1.77. The van der Waals surface area contributed by atoms with Crippen molar-refractivity contribution in [2.24, 2.45) is 5.92 Å². The van der Waals surface area contributed by atoms with Gasteiger partial charge in [0.1, 0.15) is 11.5 Å². The van der Waals surface area contributed by atoms with E-state index in [1.807, 2.05) is 0 Å². The van der Waals surface area contributed by atoms with Crippen LogP contribution in [0.15, 0.2) is 18.2 Å². The van der Waals surface area contributed by atoms with Gasteiger partial charge in [0.2, 0.25) is 0 Å². The molecular formula is C15H21NO4. The van der Waals surface area contributed by atoms with Gasteiger partial charge in [-0.2, -0.15) is 0 Å². The monoisotopic (exact) mass is 279 g/mol. The van der Waals surface area contributed by atoms with Crippen LogP contribution in [0.4, 0.5) is 0 Å². The Morgan fingerprint density at radius 3 is 2.35 bits per heavy atom. The van der Waals surface area contributed by atoms with E-state index in [1.165, 1.54) is 12.1 Å². The Balaban J connectivity index is 1.95. The van der Waals surface area contributed by atoms with Gasteiger partial charge in [-0.1, -0.05) is 6.92 Å². The van der Waals surface area contributed by atoms with Crippen LogP contribution in [-0.2, 0) is 0 Å². The van der Waals surface area contributed by atoms with Gasteiger partial charge < -0.3 is 20.6 Å². The number of nitrogens with one attached hydrogen (secondary N) is 1. The average molecular weight is 279 g/mol. The molecule has 0 radical (unpaired) electrons. The zero-order valence-electron chi connectivity index (χ0n) is 11.6. The fraction of sp³-hybridized carbons (Fsp3) is 0.533. The van der Waals surface area contributed by atoms with Crippen molar-refractivity contribution in [2.75, 3.05) is 6.54 Å². The van der Waals surface area contributed by atoms with Gasteiger partial charge in [0, 0.05) is 18.2 Å². The zero-order chi connectivity index (χ0) is 14.8. The standard InChI is InChI=1S/C15H21NO4/c1-10-2-4-15(20,5-3-10)9-16-14(19)11-6-12(17)8-13(18)7-11/h6-8,10,17-18,20H,2-5,9H2,1H3,(H,16,19). The van der Waals surface area contributed by atoms with Gasteiger partial charge in [-0.05, 0) is 43.7 Å². The van der Waals surface area contributed by atoms with Crippen LogP contribution >= 0.6 is 0 Å². The van der Waals surface area contributed by atoms with Gasteiger partial charge in [-0.25, -0.2) is 0 Å². The topological polar surface area (TPSA) is 89.8 Å². The largest absolute Gasteiger partial charge is 0.508 e. The lowest BCUT2D eigenvalue weighted by atomic mass is 9.79. The Labute approximate surface area is 118 Å². The van der Waals surface area contributed by atoms with Crippen molar-refractivity contribution in [2.45, 2.75) is 38.2 Å². The highest BCUT2D eigenvalue weighted by Crippen LogP contribution is 2.31. The second-order valence-electron chi connectivity index (χ2n) is 5.83. The van der Waals surface area contributed by atoms with Crippen LogP contribution in [0.5, 0.6) is 11.5 Å². The molecule has 1 aromatic carbocycles. The van der Waals surface area contributed by atoms with Gasteiger partial charge in [0.05, 0.1) is 5.60 Å². The molecule has 0 spiro atoms. The van der Waals surface area contributed by atoms with Crippen LogP contribution < -0.4 is 5.32 Å². The summed E-state index contributed by atoms with van der Waals surface area (Å²) in [6.07, 6.45) is 3.28. The average Bonchev–Trinajstić information content (AvgIpc) is 2.39. The number of rotatable bonds is 3. The van der Waals surface area contributed by atoms with Crippen molar-refractivity contribution >= 4 is 5.91 Å². The second-order valence-corrected chi connectivity index (χ2v) is 5.83. The first-order valence-electron chi connectivity index (χ1n) is 6.92. The molecule has 0 aliphatic heterocycles. The molecule has 0 heterocycles. The van der Waals surface area contributed by atoms with Crippen molar-refractivity contribution in [1.29, 1.82) is 0 Å². The van der Waals surface area contributed by atoms with E-state index in [9.17, 15) is 20.1 Å². The third-order valence-electron chi connectivity index (χ3n) is 3.95. The van der Waals surface area contributed by atoms with Crippen LogP contribution in [0.25, 0.3) is 0 Å². The summed E-state index contributed by atoms with van der Waals surface area (Å²) in [5.74, 6) is -0.127. The highest BCUT2D eigenvalue weighted by Gasteiger charge is 2.32. The number of hydrogen-bond donors (Lipinski definition) is 4. The number of phenolic OH excluding ortho intramolecular Hbond substituents is 2. The molecule has 0 saturated heterocycles. The molecule has 0 atom stereocenters. The third-order valence-corrected chi connectivity index (χ3v) is 3.95. The van der Waals surface area contributed by atoms with Crippen molar-refractivity contribution in [1.82, 2.24) is 5.32 Å². The summed E-state index contributed by atoms with van der Waals surface area (Å²) in [5.41, 5.74) is -0.670. The summed E-state index contributed by atoms with van der Waals surface area (Å²) < 4.78 is 0. The number of carbonyl (C=O) groups excluding carboxylic acids is 1. The number of aliphatic hydroxyl groups is 1. The van der Waals surface area contributed by atoms with Crippen LogP contribution in [0.2, 0.25) is 0 Å². The molecule has 1 aliphatic rings. The first kappa shape index (κ1) is 14.7. The number of carbonyl (C=O) groups is 1. The highest BCUT2D eigenvalue weighted by molar-refractivity contribution is 5.95. The quantitative estimate of drug-likeness (QED) is 0.679. The molecule has 0 bridgehead atoms. The van der Waals surface area contributed by atoms with Gasteiger partial charge in [-0.15, -0.1) is 0 Å². The lowest BCUT2D eigenvalue weighted by molar-refractivity contribution is -0.00539. The minimum atomic E-state index is -0.846. The van der Waals surface area contributed by atoms with E-state index in [2.05, 4.69) is 12.2 Å². The fourth-order valence-electron chi connectivity index (χ4n) is 2.55.